The van der Waals surface area contributed by atoms with Gasteiger partial charge in [0.2, 0.25) is 6.29 Å². The average Bonchev–Trinajstić information content (AvgIpc) is 3.95. The molecule has 0 spiro atoms. The van der Waals surface area contributed by atoms with E-state index < -0.39 is 6.29 Å². The molecule has 0 saturated carbocycles. The molecule has 0 saturated heterocycles. The number of rotatable bonds is 8. The summed E-state index contributed by atoms with van der Waals surface area (Å²) in [5, 5.41) is 8.57. The highest BCUT2D eigenvalue weighted by molar-refractivity contribution is 6.26. The highest BCUT2D eigenvalue weighted by Gasteiger charge is 2.28. The van der Waals surface area contributed by atoms with Crippen LogP contribution in [0.3, 0.4) is 0 Å². The highest BCUT2D eigenvalue weighted by Crippen LogP contribution is 2.45. The smallest absolute Gasteiger partial charge is 0.204 e. The predicted molar refractivity (Wildman–Crippen MR) is 284 cm³/mol. The van der Waals surface area contributed by atoms with Gasteiger partial charge in [-0.3, -0.25) is 0 Å². The van der Waals surface area contributed by atoms with Crippen molar-refractivity contribution in [1.82, 2.24) is 14.5 Å². The van der Waals surface area contributed by atoms with Crippen molar-refractivity contribution in [3.05, 3.63) is 260 Å². The molecule has 1 aliphatic rings. The van der Waals surface area contributed by atoms with E-state index in [9.17, 15) is 0 Å². The molecule has 13 rings (SSSR count). The third-order valence-corrected chi connectivity index (χ3v) is 13.4. The van der Waals surface area contributed by atoms with Gasteiger partial charge in [-0.05, 0) is 63.2 Å². The SMILES string of the molecule is c1ccc(-c2ccc(C3=NC(n4c5ccccc5c5c6c(ccc54)c4ccccc4n6-c4cccc(-c5ccccc5)c4-c4ccccc4)NC(c4ccc(-c5ccccc5)cc4)=N3)cc2)cc1. The quantitative estimate of drug-likeness (QED) is 0.162. The minimum absolute atomic E-state index is 0.529. The number of aromatic nitrogens is 2. The predicted octanol–water partition coefficient (Wildman–Crippen LogP) is 15.5. The van der Waals surface area contributed by atoms with Crippen LogP contribution in [0.1, 0.15) is 17.4 Å². The van der Waals surface area contributed by atoms with E-state index in [1.54, 1.807) is 0 Å². The first-order chi connectivity index (χ1) is 33.7. The summed E-state index contributed by atoms with van der Waals surface area (Å²) in [7, 11) is 0. The van der Waals surface area contributed by atoms with E-state index in [0.29, 0.717) is 5.84 Å². The molecule has 0 radical (unpaired) electrons. The molecule has 10 aromatic carbocycles. The molecule has 1 unspecified atom stereocenters. The molecule has 1 N–H and O–H groups in total. The molecule has 5 heteroatoms. The van der Waals surface area contributed by atoms with Crippen LogP contribution in [0.4, 0.5) is 0 Å². The maximum absolute atomic E-state index is 5.51. The van der Waals surface area contributed by atoms with Crippen molar-refractivity contribution in [3.8, 4) is 50.2 Å². The number of para-hydroxylation sites is 2. The van der Waals surface area contributed by atoms with Gasteiger partial charge in [-0.2, -0.15) is 0 Å². The zero-order valence-corrected chi connectivity index (χ0v) is 37.0. The summed E-state index contributed by atoms with van der Waals surface area (Å²) in [5.74, 6) is 1.43. The van der Waals surface area contributed by atoms with Crippen LogP contribution in [0.15, 0.2) is 259 Å². The van der Waals surface area contributed by atoms with Gasteiger partial charge in [0.1, 0.15) is 5.84 Å². The Bertz CT molecular complexity index is 3890. The standard InChI is InChI=1S/C63H43N5/c1-5-18-42(19-6-1)44-32-36-48(37-33-44)61-64-62(49-38-34-45(35-39-49)43-20-7-2-8-21-43)66-63(65-61)68-55-30-16-14-27-53(55)59-57(68)41-40-52-51-26-13-15-29-54(51)67(60(52)59)56-31-17-28-50(46-22-9-3-10-23-46)58(56)47-24-11-4-12-25-47/h1-41,63H,(H,64,65,66). The Morgan fingerprint density at radius 1 is 0.353 bits per heavy atom. The Labute approximate surface area is 394 Å². The lowest BCUT2D eigenvalue weighted by atomic mass is 9.92. The molecule has 12 aromatic rings. The number of hydrogen-bond acceptors (Lipinski definition) is 3. The second kappa shape index (κ2) is 16.4. The largest absolute Gasteiger partial charge is 0.331 e. The molecule has 1 aliphatic heterocycles. The third kappa shape index (κ3) is 6.63. The monoisotopic (exact) mass is 869 g/mol. The Morgan fingerprint density at radius 3 is 1.51 bits per heavy atom. The molecular weight excluding hydrogens is 827 g/mol. The van der Waals surface area contributed by atoms with Crippen LogP contribution in [0, 0.1) is 0 Å². The molecule has 0 fully saturated rings. The van der Waals surface area contributed by atoms with Gasteiger partial charge in [0, 0.05) is 38.2 Å². The van der Waals surface area contributed by atoms with Crippen molar-refractivity contribution >= 4 is 55.3 Å². The Kier molecular flexibility index (Phi) is 9.50. The van der Waals surface area contributed by atoms with E-state index in [4.69, 9.17) is 9.98 Å². The van der Waals surface area contributed by atoms with E-state index >= 15 is 0 Å². The first-order valence-electron chi connectivity index (χ1n) is 23.2. The average molecular weight is 870 g/mol. The molecule has 3 heterocycles. The first kappa shape index (κ1) is 39.3. The van der Waals surface area contributed by atoms with Crippen LogP contribution in [0.25, 0.3) is 93.8 Å². The van der Waals surface area contributed by atoms with E-state index in [1.807, 2.05) is 0 Å². The number of fused-ring (bicyclic) bond motifs is 7. The highest BCUT2D eigenvalue weighted by atomic mass is 15.3. The Morgan fingerprint density at radius 2 is 0.868 bits per heavy atom. The summed E-state index contributed by atoms with van der Waals surface area (Å²) in [6, 6.07) is 88.8. The summed E-state index contributed by atoms with van der Waals surface area (Å²) in [4.78, 5) is 10.8. The van der Waals surface area contributed by atoms with Crippen LogP contribution < -0.4 is 5.32 Å². The van der Waals surface area contributed by atoms with Crippen molar-refractivity contribution in [2.24, 2.45) is 9.98 Å². The van der Waals surface area contributed by atoms with Gasteiger partial charge in [-0.25, -0.2) is 9.98 Å². The number of aliphatic imine (C=N–C) groups is 2. The van der Waals surface area contributed by atoms with Crippen molar-refractivity contribution in [3.63, 3.8) is 0 Å². The van der Waals surface area contributed by atoms with Crippen LogP contribution >= 0.6 is 0 Å². The number of nitrogens with zero attached hydrogens (tertiary/aromatic N) is 4. The molecule has 0 amide bonds. The minimum atomic E-state index is -0.529. The first-order valence-corrected chi connectivity index (χ1v) is 23.2. The summed E-state index contributed by atoms with van der Waals surface area (Å²) >= 11 is 0. The van der Waals surface area contributed by atoms with Gasteiger partial charge in [-0.1, -0.05) is 224 Å². The lowest BCUT2D eigenvalue weighted by Crippen LogP contribution is -2.36. The fourth-order valence-electron chi connectivity index (χ4n) is 10.3. The minimum Gasteiger partial charge on any atom is -0.331 e. The van der Waals surface area contributed by atoms with E-state index in [1.165, 1.54) is 44.0 Å². The lowest BCUT2D eigenvalue weighted by Gasteiger charge is -2.26. The van der Waals surface area contributed by atoms with Crippen molar-refractivity contribution in [2.75, 3.05) is 0 Å². The molecule has 0 bridgehead atoms. The normalized spacial score (nSPS) is 13.7. The number of benzene rings is 10. The maximum atomic E-state index is 5.51. The number of nitrogens with one attached hydrogen (secondary N) is 1. The van der Waals surface area contributed by atoms with E-state index in [2.05, 4.69) is 263 Å². The van der Waals surface area contributed by atoms with Crippen LogP contribution in [-0.2, 0) is 0 Å². The number of hydrogen-bond donors (Lipinski definition) is 1. The van der Waals surface area contributed by atoms with Gasteiger partial charge in [0.15, 0.2) is 5.84 Å². The van der Waals surface area contributed by atoms with Crippen molar-refractivity contribution < 1.29 is 0 Å². The summed E-state index contributed by atoms with van der Waals surface area (Å²) in [6.07, 6.45) is -0.529. The molecule has 2 aromatic heterocycles. The zero-order chi connectivity index (χ0) is 45.0. The van der Waals surface area contributed by atoms with Crippen LogP contribution in [-0.4, -0.2) is 20.8 Å². The van der Waals surface area contributed by atoms with Crippen LogP contribution in [0.5, 0.6) is 0 Å². The fourth-order valence-corrected chi connectivity index (χ4v) is 10.3. The summed E-state index contributed by atoms with van der Waals surface area (Å²) < 4.78 is 4.88. The Balaban J connectivity index is 1.04. The molecule has 1 atom stereocenters. The third-order valence-electron chi connectivity index (χ3n) is 13.4. The topological polar surface area (TPSA) is 46.6 Å². The molecule has 5 nitrogen and oxygen atoms in total. The van der Waals surface area contributed by atoms with Crippen molar-refractivity contribution in [1.29, 1.82) is 0 Å². The van der Waals surface area contributed by atoms with Gasteiger partial charge in [0.25, 0.3) is 0 Å². The lowest BCUT2D eigenvalue weighted by molar-refractivity contribution is 0.516. The second-order valence-electron chi connectivity index (χ2n) is 17.3. The summed E-state index contributed by atoms with van der Waals surface area (Å²) in [5.41, 5.74) is 16.9. The van der Waals surface area contributed by atoms with Gasteiger partial charge in [-0.15, -0.1) is 0 Å². The van der Waals surface area contributed by atoms with E-state index in [-0.39, 0.29) is 0 Å². The molecular formula is C63H43N5. The Hall–Kier alpha value is -9.06. The molecule has 320 valence electrons. The zero-order valence-electron chi connectivity index (χ0n) is 37.0. The summed E-state index contributed by atoms with van der Waals surface area (Å²) in [6.45, 7) is 0. The van der Waals surface area contributed by atoms with Gasteiger partial charge < -0.3 is 14.5 Å². The van der Waals surface area contributed by atoms with E-state index in [0.717, 1.165) is 66.8 Å². The maximum Gasteiger partial charge on any atom is 0.204 e. The second-order valence-corrected chi connectivity index (χ2v) is 17.3. The van der Waals surface area contributed by atoms with Gasteiger partial charge in [0.05, 0.1) is 27.8 Å². The van der Waals surface area contributed by atoms with Gasteiger partial charge >= 0.3 is 0 Å². The molecule has 0 aliphatic carbocycles. The fraction of sp³-hybridized carbons (Fsp3) is 0.0159. The molecule has 68 heavy (non-hydrogen) atoms. The number of amidine groups is 2. The van der Waals surface area contributed by atoms with Crippen molar-refractivity contribution in [2.45, 2.75) is 6.29 Å². The van der Waals surface area contributed by atoms with Crippen LogP contribution in [0.2, 0.25) is 0 Å².